The molecule has 26 heavy (non-hydrogen) atoms. The Labute approximate surface area is 170 Å². The number of rotatable bonds is 4. The largest absolute Gasteiger partial charge is 0.456 e. The monoisotopic (exact) mass is 428 g/mol. The van der Waals surface area contributed by atoms with E-state index in [4.69, 9.17) is 67.3 Å². The van der Waals surface area contributed by atoms with Gasteiger partial charge in [0.05, 0.1) is 26.4 Å². The summed E-state index contributed by atoms with van der Waals surface area (Å²) in [5, 5.41) is 1.36. The smallest absolute Gasteiger partial charge is 0.168 e. The van der Waals surface area contributed by atoms with Crippen molar-refractivity contribution in [2.45, 2.75) is 0 Å². The summed E-state index contributed by atoms with van der Waals surface area (Å²) in [6.45, 7) is 0. The van der Waals surface area contributed by atoms with Crippen LogP contribution in [-0.2, 0) is 0 Å². The van der Waals surface area contributed by atoms with Crippen LogP contribution in [0.15, 0.2) is 48.5 Å². The van der Waals surface area contributed by atoms with Crippen molar-refractivity contribution in [3.05, 3.63) is 68.6 Å². The highest BCUT2D eigenvalue weighted by Gasteiger charge is 2.16. The maximum atomic E-state index is 6.41. The summed E-state index contributed by atoms with van der Waals surface area (Å²) in [5.74, 6) is 1.48. The van der Waals surface area contributed by atoms with Crippen LogP contribution in [0.25, 0.3) is 0 Å². The fraction of sp³-hybridized carbons (Fsp3) is 0. The van der Waals surface area contributed by atoms with E-state index in [-0.39, 0.29) is 10.8 Å². The molecular formula is C18H12Cl4N2O2. The van der Waals surface area contributed by atoms with Gasteiger partial charge in [0.25, 0.3) is 0 Å². The van der Waals surface area contributed by atoms with Crippen molar-refractivity contribution in [2.24, 2.45) is 0 Å². The van der Waals surface area contributed by atoms with Gasteiger partial charge in [-0.1, -0.05) is 46.4 Å². The molecule has 134 valence electrons. The molecule has 0 bridgehead atoms. The van der Waals surface area contributed by atoms with E-state index in [2.05, 4.69) is 0 Å². The van der Waals surface area contributed by atoms with E-state index in [1.165, 1.54) is 0 Å². The first-order chi connectivity index (χ1) is 12.3. The second-order valence-corrected chi connectivity index (χ2v) is 6.86. The van der Waals surface area contributed by atoms with Crippen molar-refractivity contribution < 1.29 is 9.47 Å². The molecule has 3 aromatic carbocycles. The van der Waals surface area contributed by atoms with Crippen molar-refractivity contribution in [3.63, 3.8) is 0 Å². The molecule has 0 saturated heterocycles. The first-order valence-corrected chi connectivity index (χ1v) is 8.80. The highest BCUT2D eigenvalue weighted by molar-refractivity contribution is 6.38. The van der Waals surface area contributed by atoms with Gasteiger partial charge in [0.2, 0.25) is 0 Å². The molecule has 0 heterocycles. The van der Waals surface area contributed by atoms with Gasteiger partial charge in [-0.25, -0.2) is 0 Å². The second-order valence-electron chi connectivity index (χ2n) is 5.26. The molecule has 0 saturated carbocycles. The predicted molar refractivity (Wildman–Crippen MR) is 108 cm³/mol. The fourth-order valence-corrected chi connectivity index (χ4v) is 2.82. The molecule has 0 unspecified atom stereocenters. The Balaban J connectivity index is 1.92. The number of halogens is 4. The highest BCUT2D eigenvalue weighted by Crippen LogP contribution is 2.44. The van der Waals surface area contributed by atoms with Gasteiger partial charge >= 0.3 is 0 Å². The molecule has 0 aliphatic rings. The minimum absolute atomic E-state index is 0.194. The summed E-state index contributed by atoms with van der Waals surface area (Å²) in [7, 11) is 0. The number of nitrogen functional groups attached to an aromatic ring is 2. The van der Waals surface area contributed by atoms with Crippen molar-refractivity contribution in [1.82, 2.24) is 0 Å². The van der Waals surface area contributed by atoms with E-state index < -0.39 is 0 Å². The van der Waals surface area contributed by atoms with Crippen molar-refractivity contribution in [2.75, 3.05) is 11.5 Å². The third-order valence-electron chi connectivity index (χ3n) is 3.40. The molecule has 0 aliphatic heterocycles. The van der Waals surface area contributed by atoms with E-state index in [9.17, 15) is 0 Å². The molecule has 0 amide bonds. The van der Waals surface area contributed by atoms with E-state index in [0.29, 0.717) is 43.7 Å². The number of hydrogen-bond donors (Lipinski definition) is 2. The van der Waals surface area contributed by atoms with Gasteiger partial charge in [0, 0.05) is 12.1 Å². The lowest BCUT2D eigenvalue weighted by Crippen LogP contribution is -1.93. The lowest BCUT2D eigenvalue weighted by atomic mass is 10.2. The minimum atomic E-state index is 0.194. The van der Waals surface area contributed by atoms with Crippen LogP contribution in [0.2, 0.25) is 20.1 Å². The van der Waals surface area contributed by atoms with Crippen LogP contribution in [0.3, 0.4) is 0 Å². The Hall–Kier alpha value is -1.98. The first-order valence-electron chi connectivity index (χ1n) is 7.29. The number of benzene rings is 3. The molecule has 8 heteroatoms. The maximum Gasteiger partial charge on any atom is 0.168 e. The van der Waals surface area contributed by atoms with Crippen LogP contribution >= 0.6 is 46.4 Å². The van der Waals surface area contributed by atoms with Crippen LogP contribution in [0.1, 0.15) is 0 Å². The summed E-state index contributed by atoms with van der Waals surface area (Å²) in [4.78, 5) is 0. The Morgan fingerprint density at radius 3 is 1.65 bits per heavy atom. The van der Waals surface area contributed by atoms with E-state index in [1.54, 1.807) is 48.5 Å². The van der Waals surface area contributed by atoms with Crippen molar-refractivity contribution >= 4 is 57.8 Å². The summed E-state index contributed by atoms with van der Waals surface area (Å²) in [6, 6.07) is 13.0. The molecule has 3 rings (SSSR count). The third kappa shape index (κ3) is 4.05. The molecule has 4 N–H and O–H groups in total. The van der Waals surface area contributed by atoms with Crippen LogP contribution < -0.4 is 20.9 Å². The Kier molecular flexibility index (Phi) is 5.58. The third-order valence-corrected chi connectivity index (χ3v) is 4.74. The van der Waals surface area contributed by atoms with Gasteiger partial charge < -0.3 is 20.9 Å². The van der Waals surface area contributed by atoms with Gasteiger partial charge in [0.1, 0.15) is 22.3 Å². The average molecular weight is 430 g/mol. The molecule has 0 fully saturated rings. The van der Waals surface area contributed by atoms with E-state index in [0.717, 1.165) is 0 Å². The summed E-state index contributed by atoms with van der Waals surface area (Å²) < 4.78 is 11.5. The van der Waals surface area contributed by atoms with Crippen LogP contribution in [0.5, 0.6) is 23.0 Å². The highest BCUT2D eigenvalue weighted by atomic mass is 35.5. The van der Waals surface area contributed by atoms with Crippen molar-refractivity contribution in [3.8, 4) is 23.0 Å². The number of hydrogen-bond acceptors (Lipinski definition) is 4. The number of ether oxygens (including phenoxy) is 2. The predicted octanol–water partition coefficient (Wildman–Crippen LogP) is 7.05. The van der Waals surface area contributed by atoms with E-state index in [1.807, 2.05) is 0 Å². The molecular weight excluding hydrogens is 418 g/mol. The molecule has 0 atom stereocenters. The summed E-state index contributed by atoms with van der Waals surface area (Å²) in [6.07, 6.45) is 0. The van der Waals surface area contributed by atoms with Gasteiger partial charge in [-0.3, -0.25) is 0 Å². The maximum absolute atomic E-state index is 6.41. The SMILES string of the molecule is Nc1cc(Oc2ccc(Cl)c(Oc3ccc(Cl)c(N)c3)c2Cl)ccc1Cl. The topological polar surface area (TPSA) is 70.5 Å². The average Bonchev–Trinajstić information content (AvgIpc) is 2.60. The molecule has 4 nitrogen and oxygen atoms in total. The second kappa shape index (κ2) is 7.72. The van der Waals surface area contributed by atoms with Crippen LogP contribution in [-0.4, -0.2) is 0 Å². The zero-order valence-electron chi connectivity index (χ0n) is 13.1. The first kappa shape index (κ1) is 18.8. The van der Waals surface area contributed by atoms with Gasteiger partial charge in [-0.15, -0.1) is 0 Å². The standard InChI is InChI=1S/C18H12Cl4N2O2/c19-11-3-1-9(7-14(11)23)25-16-6-5-13(21)18(17(16)22)26-10-2-4-12(20)15(24)8-10/h1-8H,23-24H2. The zero-order valence-corrected chi connectivity index (χ0v) is 16.1. The Morgan fingerprint density at radius 2 is 1.12 bits per heavy atom. The number of nitrogens with two attached hydrogens (primary N) is 2. The Morgan fingerprint density at radius 1 is 0.615 bits per heavy atom. The van der Waals surface area contributed by atoms with Gasteiger partial charge in [0.15, 0.2) is 5.75 Å². The normalized spacial score (nSPS) is 10.6. The summed E-state index contributed by atoms with van der Waals surface area (Å²) in [5.41, 5.74) is 12.3. The minimum Gasteiger partial charge on any atom is -0.456 e. The van der Waals surface area contributed by atoms with Crippen LogP contribution in [0.4, 0.5) is 11.4 Å². The fourth-order valence-electron chi connectivity index (χ4n) is 2.10. The van der Waals surface area contributed by atoms with Gasteiger partial charge in [-0.05, 0) is 36.4 Å². The quantitative estimate of drug-likeness (QED) is 0.436. The lowest BCUT2D eigenvalue weighted by molar-refractivity contribution is 0.461. The van der Waals surface area contributed by atoms with Crippen LogP contribution in [0, 0.1) is 0 Å². The van der Waals surface area contributed by atoms with Crippen molar-refractivity contribution in [1.29, 1.82) is 0 Å². The lowest BCUT2D eigenvalue weighted by Gasteiger charge is -2.14. The number of anilines is 2. The zero-order chi connectivity index (χ0) is 18.8. The molecule has 0 spiro atoms. The molecule has 3 aromatic rings. The molecule has 0 aromatic heterocycles. The molecule has 0 aliphatic carbocycles. The molecule has 0 radical (unpaired) electrons. The van der Waals surface area contributed by atoms with Gasteiger partial charge in [-0.2, -0.15) is 0 Å². The Bertz CT molecular complexity index is 980. The van der Waals surface area contributed by atoms with E-state index >= 15 is 0 Å². The summed E-state index contributed by atoms with van der Waals surface area (Å²) >= 11 is 24.4.